The van der Waals surface area contributed by atoms with Gasteiger partial charge in [0.05, 0.1) is 23.0 Å². The summed E-state index contributed by atoms with van der Waals surface area (Å²) in [5, 5.41) is 11.6. The van der Waals surface area contributed by atoms with Crippen molar-refractivity contribution in [3.8, 4) is 11.3 Å². The SMILES string of the molecule is Cc1n[nH]c(C)c1S(=O)(=O)N1CCCC(C(=O)Nc2nc(-c3c[nH]c(C(N)=O)c3)cs2)C1. The number of nitrogens with one attached hydrogen (secondary N) is 3. The quantitative estimate of drug-likeness (QED) is 0.421. The maximum absolute atomic E-state index is 13.1. The lowest BCUT2D eigenvalue weighted by Gasteiger charge is -2.31. The van der Waals surface area contributed by atoms with Gasteiger partial charge in [-0.15, -0.1) is 11.3 Å². The number of aryl methyl sites for hydroxylation is 2. The number of piperidine rings is 1. The minimum atomic E-state index is -3.75. The number of hydrogen-bond donors (Lipinski definition) is 4. The monoisotopic (exact) mass is 477 g/mol. The molecule has 0 aliphatic carbocycles. The number of rotatable bonds is 6. The Kier molecular flexibility index (Phi) is 5.88. The topological polar surface area (TPSA) is 167 Å². The van der Waals surface area contributed by atoms with Gasteiger partial charge in [-0.25, -0.2) is 13.4 Å². The number of sulfonamides is 1. The molecule has 1 unspecified atom stereocenters. The number of anilines is 1. The van der Waals surface area contributed by atoms with Crippen LogP contribution < -0.4 is 11.1 Å². The first-order chi connectivity index (χ1) is 15.2. The summed E-state index contributed by atoms with van der Waals surface area (Å²) in [4.78, 5) is 31.4. The van der Waals surface area contributed by atoms with Crippen LogP contribution in [0.3, 0.4) is 0 Å². The summed E-state index contributed by atoms with van der Waals surface area (Å²) < 4.78 is 27.6. The van der Waals surface area contributed by atoms with E-state index in [1.54, 1.807) is 31.5 Å². The molecule has 2 amide bonds. The Morgan fingerprint density at radius 2 is 2.12 bits per heavy atom. The van der Waals surface area contributed by atoms with Crippen LogP contribution in [0.5, 0.6) is 0 Å². The molecule has 0 spiro atoms. The third kappa shape index (κ3) is 4.18. The smallest absolute Gasteiger partial charge is 0.265 e. The predicted molar refractivity (Wildman–Crippen MR) is 119 cm³/mol. The van der Waals surface area contributed by atoms with E-state index < -0.39 is 21.8 Å². The minimum Gasteiger partial charge on any atom is -0.364 e. The number of carbonyl (C=O) groups excluding carboxylic acids is 2. The third-order valence-electron chi connectivity index (χ3n) is 5.39. The Bertz CT molecular complexity index is 1250. The predicted octanol–water partition coefficient (Wildman–Crippen LogP) is 1.62. The van der Waals surface area contributed by atoms with E-state index in [1.807, 2.05) is 0 Å². The van der Waals surface area contributed by atoms with Crippen molar-refractivity contribution in [3.05, 3.63) is 34.7 Å². The van der Waals surface area contributed by atoms with E-state index in [0.29, 0.717) is 47.2 Å². The second-order valence-corrected chi connectivity index (χ2v) is 10.4. The van der Waals surface area contributed by atoms with Gasteiger partial charge in [-0.1, -0.05) is 0 Å². The highest BCUT2D eigenvalue weighted by atomic mass is 32.2. The zero-order valence-corrected chi connectivity index (χ0v) is 19.1. The molecular formula is C19H23N7O4S2. The summed E-state index contributed by atoms with van der Waals surface area (Å²) in [6.45, 7) is 3.75. The van der Waals surface area contributed by atoms with Crippen LogP contribution in [-0.4, -0.2) is 57.8 Å². The molecule has 1 fully saturated rings. The fraction of sp³-hybridized carbons (Fsp3) is 0.368. The highest BCUT2D eigenvalue weighted by Crippen LogP contribution is 2.29. The molecule has 32 heavy (non-hydrogen) atoms. The second kappa shape index (κ2) is 8.48. The molecule has 11 nitrogen and oxygen atoms in total. The summed E-state index contributed by atoms with van der Waals surface area (Å²) in [7, 11) is -3.75. The van der Waals surface area contributed by atoms with Crippen LogP contribution in [0.1, 0.15) is 34.7 Å². The Hall–Kier alpha value is -3.03. The number of hydrogen-bond acceptors (Lipinski definition) is 7. The fourth-order valence-electron chi connectivity index (χ4n) is 3.78. The fourth-order valence-corrected chi connectivity index (χ4v) is 6.36. The van der Waals surface area contributed by atoms with Crippen molar-refractivity contribution in [2.75, 3.05) is 18.4 Å². The molecule has 1 aliphatic heterocycles. The molecule has 4 rings (SSSR count). The van der Waals surface area contributed by atoms with Crippen LogP contribution in [0.4, 0.5) is 5.13 Å². The Balaban J connectivity index is 1.45. The van der Waals surface area contributed by atoms with Gasteiger partial charge in [0, 0.05) is 30.2 Å². The van der Waals surface area contributed by atoms with Crippen LogP contribution in [0.15, 0.2) is 22.5 Å². The van der Waals surface area contributed by atoms with Crippen molar-refractivity contribution in [2.45, 2.75) is 31.6 Å². The zero-order valence-electron chi connectivity index (χ0n) is 17.5. The second-order valence-electron chi connectivity index (χ2n) is 7.66. The van der Waals surface area contributed by atoms with Crippen LogP contribution in [0.2, 0.25) is 0 Å². The summed E-state index contributed by atoms with van der Waals surface area (Å²) >= 11 is 1.25. The Labute approximate surface area is 188 Å². The molecular weight excluding hydrogens is 454 g/mol. The van der Waals surface area contributed by atoms with Crippen LogP contribution in [0, 0.1) is 19.8 Å². The molecule has 5 N–H and O–H groups in total. The molecule has 3 aromatic heterocycles. The molecule has 0 radical (unpaired) electrons. The standard InChI is InChI=1S/C19H23N7O4S2/c1-10-16(11(2)25-24-10)32(29,30)26-5-3-4-12(8-26)18(28)23-19-22-15(9-31-19)13-6-14(17(20)27)21-7-13/h6-7,9,12,21H,3-5,8H2,1-2H3,(H2,20,27)(H,24,25)(H,22,23,28). The molecule has 1 atom stereocenters. The van der Waals surface area contributed by atoms with Gasteiger partial charge in [0.25, 0.3) is 5.91 Å². The summed E-state index contributed by atoms with van der Waals surface area (Å²) in [6.07, 6.45) is 2.78. The van der Waals surface area contributed by atoms with Gasteiger partial charge in [0.1, 0.15) is 10.6 Å². The molecule has 0 bridgehead atoms. The highest BCUT2D eigenvalue weighted by molar-refractivity contribution is 7.89. The molecule has 3 aromatic rings. The zero-order chi connectivity index (χ0) is 23.0. The van der Waals surface area contributed by atoms with Gasteiger partial charge in [-0.2, -0.15) is 9.40 Å². The van der Waals surface area contributed by atoms with E-state index in [0.717, 1.165) is 0 Å². The number of H-pyrrole nitrogens is 2. The average molecular weight is 478 g/mol. The number of carbonyl (C=O) groups is 2. The molecule has 1 saturated heterocycles. The number of nitrogens with zero attached hydrogens (tertiary/aromatic N) is 3. The van der Waals surface area contributed by atoms with Gasteiger partial charge in [-0.3, -0.25) is 14.7 Å². The van der Waals surface area contributed by atoms with E-state index in [2.05, 4.69) is 25.5 Å². The van der Waals surface area contributed by atoms with E-state index in [9.17, 15) is 18.0 Å². The third-order valence-corrected chi connectivity index (χ3v) is 8.28. The molecule has 1 aliphatic rings. The molecule has 0 aromatic carbocycles. The normalized spacial score (nSPS) is 17.4. The number of primary amides is 1. The molecule has 4 heterocycles. The Morgan fingerprint density at radius 3 is 2.78 bits per heavy atom. The van der Waals surface area contributed by atoms with Crippen molar-refractivity contribution in [2.24, 2.45) is 11.7 Å². The molecule has 13 heteroatoms. The van der Waals surface area contributed by atoms with Gasteiger partial charge in [0.2, 0.25) is 15.9 Å². The lowest BCUT2D eigenvalue weighted by molar-refractivity contribution is -0.120. The van der Waals surface area contributed by atoms with Crippen LogP contribution in [-0.2, 0) is 14.8 Å². The van der Waals surface area contributed by atoms with E-state index >= 15 is 0 Å². The van der Waals surface area contributed by atoms with Crippen molar-refractivity contribution >= 4 is 38.3 Å². The van der Waals surface area contributed by atoms with Gasteiger partial charge in [0.15, 0.2) is 5.13 Å². The maximum Gasteiger partial charge on any atom is 0.265 e. The average Bonchev–Trinajstić information content (AvgIpc) is 3.48. The summed E-state index contributed by atoms with van der Waals surface area (Å²) in [6, 6.07) is 1.59. The Morgan fingerprint density at radius 1 is 1.34 bits per heavy atom. The first kappa shape index (κ1) is 22.2. The number of aromatic amines is 2. The van der Waals surface area contributed by atoms with Crippen molar-refractivity contribution in [1.29, 1.82) is 0 Å². The van der Waals surface area contributed by atoms with Gasteiger partial charge >= 0.3 is 0 Å². The van der Waals surface area contributed by atoms with E-state index in [4.69, 9.17) is 5.73 Å². The van der Waals surface area contributed by atoms with Crippen LogP contribution >= 0.6 is 11.3 Å². The first-order valence-corrected chi connectivity index (χ1v) is 12.3. The van der Waals surface area contributed by atoms with Crippen LogP contribution in [0.25, 0.3) is 11.3 Å². The number of nitrogens with two attached hydrogens (primary N) is 1. The van der Waals surface area contributed by atoms with Gasteiger partial charge < -0.3 is 16.0 Å². The first-order valence-electron chi connectivity index (χ1n) is 9.93. The largest absolute Gasteiger partial charge is 0.364 e. The van der Waals surface area contributed by atoms with E-state index in [-0.39, 0.29) is 23.0 Å². The van der Waals surface area contributed by atoms with Gasteiger partial charge in [-0.05, 0) is 32.8 Å². The highest BCUT2D eigenvalue weighted by Gasteiger charge is 2.36. The summed E-state index contributed by atoms with van der Waals surface area (Å²) in [5.41, 5.74) is 7.68. The summed E-state index contributed by atoms with van der Waals surface area (Å²) in [5.74, 6) is -1.34. The number of amides is 2. The maximum atomic E-state index is 13.1. The number of thiazole rings is 1. The molecule has 0 saturated carbocycles. The lowest BCUT2D eigenvalue weighted by Crippen LogP contribution is -2.43. The van der Waals surface area contributed by atoms with Crippen molar-refractivity contribution in [1.82, 2.24) is 24.5 Å². The van der Waals surface area contributed by atoms with Crippen molar-refractivity contribution in [3.63, 3.8) is 0 Å². The lowest BCUT2D eigenvalue weighted by atomic mass is 9.99. The van der Waals surface area contributed by atoms with E-state index in [1.165, 1.54) is 15.6 Å². The molecule has 170 valence electrons. The minimum absolute atomic E-state index is 0.0935. The van der Waals surface area contributed by atoms with Crippen molar-refractivity contribution < 1.29 is 18.0 Å². The number of aromatic nitrogens is 4.